The van der Waals surface area contributed by atoms with Crippen molar-refractivity contribution in [2.75, 3.05) is 0 Å². The van der Waals surface area contributed by atoms with Crippen molar-refractivity contribution < 1.29 is 9.90 Å². The van der Waals surface area contributed by atoms with Crippen LogP contribution in [0.2, 0.25) is 0 Å². The van der Waals surface area contributed by atoms with Gasteiger partial charge in [0.1, 0.15) is 0 Å². The van der Waals surface area contributed by atoms with Gasteiger partial charge in [-0.15, -0.1) is 0 Å². The molecule has 1 fully saturated rings. The van der Waals surface area contributed by atoms with Crippen LogP contribution in [0.25, 0.3) is 0 Å². The molecular formula is C12H23NO2. The minimum Gasteiger partial charge on any atom is -0.393 e. The number of carbonyl (C=O) groups excluding carboxylic acids is 1. The fourth-order valence-electron chi connectivity index (χ4n) is 2.20. The maximum Gasteiger partial charge on any atom is 0.220 e. The number of rotatable bonds is 4. The summed E-state index contributed by atoms with van der Waals surface area (Å²) < 4.78 is 0. The van der Waals surface area contributed by atoms with Crippen LogP contribution in [0, 0.1) is 5.41 Å². The van der Waals surface area contributed by atoms with Crippen LogP contribution in [0.1, 0.15) is 52.9 Å². The zero-order valence-electron chi connectivity index (χ0n) is 10.0. The predicted octanol–water partition coefficient (Wildman–Crippen LogP) is 1.84. The van der Waals surface area contributed by atoms with E-state index in [1.807, 2.05) is 0 Å². The van der Waals surface area contributed by atoms with Crippen LogP contribution >= 0.6 is 0 Å². The molecular weight excluding hydrogens is 190 g/mol. The van der Waals surface area contributed by atoms with Gasteiger partial charge in [-0.2, -0.15) is 0 Å². The highest BCUT2D eigenvalue weighted by molar-refractivity contribution is 5.76. The van der Waals surface area contributed by atoms with Crippen molar-refractivity contribution in [3.8, 4) is 0 Å². The van der Waals surface area contributed by atoms with Crippen LogP contribution in [-0.2, 0) is 4.79 Å². The van der Waals surface area contributed by atoms with E-state index < -0.39 is 0 Å². The lowest BCUT2D eigenvalue weighted by atomic mass is 9.92. The molecule has 0 aromatic carbocycles. The molecule has 1 saturated carbocycles. The largest absolute Gasteiger partial charge is 0.393 e. The quantitative estimate of drug-likeness (QED) is 0.748. The summed E-state index contributed by atoms with van der Waals surface area (Å²) in [6.45, 7) is 6.20. The minimum absolute atomic E-state index is 0.0820. The van der Waals surface area contributed by atoms with Gasteiger partial charge >= 0.3 is 0 Å². The molecule has 15 heavy (non-hydrogen) atoms. The van der Waals surface area contributed by atoms with Crippen LogP contribution in [0.3, 0.4) is 0 Å². The van der Waals surface area contributed by atoms with Crippen molar-refractivity contribution in [2.24, 2.45) is 5.41 Å². The summed E-state index contributed by atoms with van der Waals surface area (Å²) >= 11 is 0. The van der Waals surface area contributed by atoms with Crippen molar-refractivity contribution in [1.29, 1.82) is 0 Å². The van der Waals surface area contributed by atoms with Gasteiger partial charge in [-0.25, -0.2) is 0 Å². The first kappa shape index (κ1) is 12.5. The average molecular weight is 213 g/mol. The van der Waals surface area contributed by atoms with E-state index in [-0.39, 0.29) is 12.0 Å². The van der Waals surface area contributed by atoms with Crippen molar-refractivity contribution in [1.82, 2.24) is 5.32 Å². The second kappa shape index (κ2) is 4.97. The molecule has 2 N–H and O–H groups in total. The number of hydrogen-bond acceptors (Lipinski definition) is 2. The Kier molecular flexibility index (Phi) is 4.14. The molecule has 0 saturated heterocycles. The third-order valence-electron chi connectivity index (χ3n) is 3.12. The SMILES string of the molecule is CC(O)CCC(=O)NC1CCC(C)(C)C1. The molecule has 0 bridgehead atoms. The number of hydrogen-bond donors (Lipinski definition) is 2. The molecule has 1 amide bonds. The Labute approximate surface area is 92.3 Å². The standard InChI is InChI=1S/C12H23NO2/c1-9(14)4-5-11(15)13-10-6-7-12(2,3)8-10/h9-10,14H,4-8H2,1-3H3,(H,13,15). The predicted molar refractivity (Wildman–Crippen MR) is 60.5 cm³/mol. The molecule has 0 spiro atoms. The summed E-state index contributed by atoms with van der Waals surface area (Å²) in [7, 11) is 0. The molecule has 0 heterocycles. The van der Waals surface area contributed by atoms with Gasteiger partial charge < -0.3 is 10.4 Å². The van der Waals surface area contributed by atoms with Crippen LogP contribution in [0.5, 0.6) is 0 Å². The zero-order chi connectivity index (χ0) is 11.5. The topological polar surface area (TPSA) is 49.3 Å². The Morgan fingerprint density at radius 2 is 2.27 bits per heavy atom. The molecule has 2 atom stereocenters. The summed E-state index contributed by atoms with van der Waals surface area (Å²) in [6.07, 6.45) is 3.97. The number of carbonyl (C=O) groups is 1. The summed E-state index contributed by atoms with van der Waals surface area (Å²) in [6, 6.07) is 0.349. The first-order valence-corrected chi connectivity index (χ1v) is 5.86. The second-order valence-corrected chi connectivity index (χ2v) is 5.56. The third-order valence-corrected chi connectivity index (χ3v) is 3.12. The van der Waals surface area contributed by atoms with Gasteiger partial charge in [0.25, 0.3) is 0 Å². The average Bonchev–Trinajstić information content (AvgIpc) is 2.42. The first-order chi connectivity index (χ1) is 6.89. The fraction of sp³-hybridized carbons (Fsp3) is 0.917. The second-order valence-electron chi connectivity index (χ2n) is 5.56. The van der Waals surface area contributed by atoms with E-state index in [9.17, 15) is 4.79 Å². The maximum absolute atomic E-state index is 11.5. The Hall–Kier alpha value is -0.570. The number of amides is 1. The van der Waals surface area contributed by atoms with Crippen molar-refractivity contribution in [3.63, 3.8) is 0 Å². The van der Waals surface area contributed by atoms with Crippen molar-refractivity contribution >= 4 is 5.91 Å². The molecule has 1 rings (SSSR count). The Morgan fingerprint density at radius 1 is 1.60 bits per heavy atom. The van der Waals surface area contributed by atoms with E-state index in [0.717, 1.165) is 12.8 Å². The normalized spacial score (nSPS) is 26.3. The number of aliphatic hydroxyl groups is 1. The highest BCUT2D eigenvalue weighted by atomic mass is 16.3. The Morgan fingerprint density at radius 3 is 2.73 bits per heavy atom. The first-order valence-electron chi connectivity index (χ1n) is 5.86. The fourth-order valence-corrected chi connectivity index (χ4v) is 2.20. The summed E-state index contributed by atoms with van der Waals surface area (Å²) in [5.74, 6) is 0.0820. The van der Waals surface area contributed by atoms with Gasteiger partial charge in [0.05, 0.1) is 6.10 Å². The van der Waals surface area contributed by atoms with E-state index in [0.29, 0.717) is 24.3 Å². The van der Waals surface area contributed by atoms with Gasteiger partial charge in [-0.05, 0) is 38.0 Å². The Balaban J connectivity index is 2.22. The monoisotopic (exact) mass is 213 g/mol. The van der Waals surface area contributed by atoms with E-state index in [4.69, 9.17) is 5.11 Å². The molecule has 0 aliphatic heterocycles. The Bertz CT molecular complexity index is 224. The molecule has 3 nitrogen and oxygen atoms in total. The van der Waals surface area contributed by atoms with E-state index in [1.54, 1.807) is 6.92 Å². The van der Waals surface area contributed by atoms with Gasteiger partial charge in [-0.1, -0.05) is 13.8 Å². The molecule has 0 aromatic heterocycles. The lowest BCUT2D eigenvalue weighted by Gasteiger charge is -2.18. The third kappa shape index (κ3) is 4.65. The lowest BCUT2D eigenvalue weighted by Crippen LogP contribution is -2.33. The lowest BCUT2D eigenvalue weighted by molar-refractivity contribution is -0.122. The van der Waals surface area contributed by atoms with Crippen LogP contribution in [-0.4, -0.2) is 23.2 Å². The highest BCUT2D eigenvalue weighted by Crippen LogP contribution is 2.36. The molecule has 2 unspecified atom stereocenters. The van der Waals surface area contributed by atoms with E-state index >= 15 is 0 Å². The molecule has 0 aromatic rings. The number of nitrogens with one attached hydrogen (secondary N) is 1. The zero-order valence-corrected chi connectivity index (χ0v) is 10.0. The highest BCUT2D eigenvalue weighted by Gasteiger charge is 2.31. The van der Waals surface area contributed by atoms with Gasteiger partial charge in [0.15, 0.2) is 0 Å². The molecule has 1 aliphatic carbocycles. The van der Waals surface area contributed by atoms with Crippen molar-refractivity contribution in [2.45, 2.75) is 65.0 Å². The smallest absolute Gasteiger partial charge is 0.220 e. The van der Waals surface area contributed by atoms with E-state index in [1.165, 1.54) is 6.42 Å². The summed E-state index contributed by atoms with van der Waals surface area (Å²) in [5.41, 5.74) is 0.377. The van der Waals surface area contributed by atoms with Crippen molar-refractivity contribution in [3.05, 3.63) is 0 Å². The van der Waals surface area contributed by atoms with Gasteiger partial charge in [-0.3, -0.25) is 4.79 Å². The summed E-state index contributed by atoms with van der Waals surface area (Å²) in [5, 5.41) is 12.1. The summed E-state index contributed by atoms with van der Waals surface area (Å²) in [4.78, 5) is 11.5. The number of aliphatic hydroxyl groups excluding tert-OH is 1. The van der Waals surface area contributed by atoms with Gasteiger partial charge in [0, 0.05) is 12.5 Å². The molecule has 1 aliphatic rings. The molecule has 88 valence electrons. The van der Waals surface area contributed by atoms with Crippen LogP contribution < -0.4 is 5.32 Å². The maximum atomic E-state index is 11.5. The van der Waals surface area contributed by atoms with Gasteiger partial charge in [0.2, 0.25) is 5.91 Å². The van der Waals surface area contributed by atoms with Crippen LogP contribution in [0.4, 0.5) is 0 Å². The molecule has 0 radical (unpaired) electrons. The molecule has 3 heteroatoms. The minimum atomic E-state index is -0.379. The van der Waals surface area contributed by atoms with Crippen LogP contribution in [0.15, 0.2) is 0 Å². The van der Waals surface area contributed by atoms with E-state index in [2.05, 4.69) is 19.2 Å².